The minimum absolute atomic E-state index is 0.942. The van der Waals surface area contributed by atoms with E-state index in [1.54, 1.807) is 11.8 Å². The molecule has 2 heterocycles. The Bertz CT molecular complexity index is 466. The summed E-state index contributed by atoms with van der Waals surface area (Å²) < 4.78 is 0. The lowest BCUT2D eigenvalue weighted by atomic mass is 10.2. The highest BCUT2D eigenvalue weighted by Crippen LogP contribution is 2.43. The smallest absolute Gasteiger partial charge is 0.168 e. The Morgan fingerprint density at radius 3 is 2.94 bits per heavy atom. The predicted molar refractivity (Wildman–Crippen MR) is 75.5 cm³/mol. The van der Waals surface area contributed by atoms with Crippen molar-refractivity contribution in [2.45, 2.75) is 18.7 Å². The van der Waals surface area contributed by atoms with Crippen LogP contribution >= 0.6 is 11.8 Å². The summed E-state index contributed by atoms with van der Waals surface area (Å²) in [7, 11) is 0. The van der Waals surface area contributed by atoms with Crippen molar-refractivity contribution < 1.29 is 0 Å². The Hall–Kier alpha value is -1.16. The molecule has 0 bridgehead atoms. The molecule has 4 heteroatoms. The first-order valence-electron chi connectivity index (χ1n) is 6.22. The number of thioether (sulfide) groups is 1. The van der Waals surface area contributed by atoms with Crippen molar-refractivity contribution in [2.75, 3.05) is 36.0 Å². The molecule has 1 aromatic rings. The van der Waals surface area contributed by atoms with Crippen LogP contribution in [0.4, 0.5) is 11.4 Å². The first-order valence-corrected chi connectivity index (χ1v) is 7.04. The molecule has 0 aromatic heterocycles. The summed E-state index contributed by atoms with van der Waals surface area (Å²) in [6, 6.07) is 6.76. The van der Waals surface area contributed by atoms with Gasteiger partial charge in [-0.2, -0.15) is 0 Å². The van der Waals surface area contributed by atoms with Gasteiger partial charge >= 0.3 is 0 Å². The molecule has 0 N–H and O–H groups in total. The predicted octanol–water partition coefficient (Wildman–Crippen LogP) is 2.81. The molecule has 3 nitrogen and oxygen atoms in total. The van der Waals surface area contributed by atoms with Gasteiger partial charge < -0.3 is 9.80 Å². The highest BCUT2D eigenvalue weighted by Gasteiger charge is 2.29. The monoisotopic (exact) mass is 247 g/mol. The van der Waals surface area contributed by atoms with Gasteiger partial charge in [-0.1, -0.05) is 0 Å². The quantitative estimate of drug-likeness (QED) is 0.818. The summed E-state index contributed by atoms with van der Waals surface area (Å²) in [6.07, 6.45) is 0. The molecule has 0 radical (unpaired) electrons. The normalized spacial score (nSPS) is 16.8. The van der Waals surface area contributed by atoms with Crippen LogP contribution in [0.5, 0.6) is 0 Å². The highest BCUT2D eigenvalue weighted by atomic mass is 32.2. The van der Waals surface area contributed by atoms with Gasteiger partial charge in [0, 0.05) is 30.2 Å². The average molecular weight is 247 g/mol. The summed E-state index contributed by atoms with van der Waals surface area (Å²) >= 11 is 1.80. The number of rotatable bonds is 3. The van der Waals surface area contributed by atoms with Crippen LogP contribution in [-0.4, -0.2) is 31.3 Å². The van der Waals surface area contributed by atoms with Gasteiger partial charge in [0.2, 0.25) is 0 Å². The molecule has 2 aliphatic rings. The molecule has 17 heavy (non-hydrogen) atoms. The zero-order valence-corrected chi connectivity index (χ0v) is 11.1. The van der Waals surface area contributed by atoms with E-state index in [4.69, 9.17) is 0 Å². The number of amidine groups is 1. The lowest BCUT2D eigenvalue weighted by Crippen LogP contribution is -2.23. The van der Waals surface area contributed by atoms with Gasteiger partial charge in [-0.15, -0.1) is 0 Å². The fourth-order valence-electron chi connectivity index (χ4n) is 2.42. The van der Waals surface area contributed by atoms with E-state index in [0.717, 1.165) is 26.2 Å². The largest absolute Gasteiger partial charge is 0.372 e. The minimum atomic E-state index is 0.942. The molecule has 0 saturated heterocycles. The van der Waals surface area contributed by atoms with Crippen LogP contribution in [0, 0.1) is 0 Å². The van der Waals surface area contributed by atoms with Crippen molar-refractivity contribution in [1.29, 1.82) is 0 Å². The summed E-state index contributed by atoms with van der Waals surface area (Å²) in [5.74, 6) is 0. The Balaban J connectivity index is 1.97. The Labute approximate surface area is 107 Å². The molecule has 1 aromatic carbocycles. The number of hydrogen-bond donors (Lipinski definition) is 0. The first kappa shape index (κ1) is 11.0. The van der Waals surface area contributed by atoms with Crippen LogP contribution in [-0.2, 0) is 0 Å². The fourth-order valence-corrected chi connectivity index (χ4v) is 3.49. The topological polar surface area (TPSA) is 18.8 Å². The molecule has 0 atom stereocenters. The number of aliphatic imine (C=N–C) groups is 1. The van der Waals surface area contributed by atoms with Gasteiger partial charge in [-0.05, 0) is 43.8 Å². The summed E-state index contributed by atoms with van der Waals surface area (Å²) in [4.78, 5) is 10.6. The Morgan fingerprint density at radius 2 is 2.18 bits per heavy atom. The SMILES string of the molecule is CCN(CC)c1ccc2c(c1)N1CCN=C1S2. The molecular formula is C13H17N3S. The van der Waals surface area contributed by atoms with Gasteiger partial charge in [-0.3, -0.25) is 4.99 Å². The van der Waals surface area contributed by atoms with Gasteiger partial charge in [0.25, 0.3) is 0 Å². The number of nitrogens with zero attached hydrogens (tertiary/aromatic N) is 3. The fraction of sp³-hybridized carbons (Fsp3) is 0.462. The van der Waals surface area contributed by atoms with E-state index in [2.05, 4.69) is 46.8 Å². The maximum atomic E-state index is 4.52. The highest BCUT2D eigenvalue weighted by molar-refractivity contribution is 8.14. The van der Waals surface area contributed by atoms with Crippen molar-refractivity contribution in [3.63, 3.8) is 0 Å². The molecule has 3 rings (SSSR count). The number of benzene rings is 1. The van der Waals surface area contributed by atoms with E-state index in [1.807, 2.05) is 0 Å². The van der Waals surface area contributed by atoms with Crippen LogP contribution in [0.15, 0.2) is 28.1 Å². The van der Waals surface area contributed by atoms with Gasteiger partial charge in [0.05, 0.1) is 12.2 Å². The third-order valence-corrected chi connectivity index (χ3v) is 4.46. The van der Waals surface area contributed by atoms with E-state index in [9.17, 15) is 0 Å². The van der Waals surface area contributed by atoms with Crippen LogP contribution in [0.25, 0.3) is 0 Å². The maximum absolute atomic E-state index is 4.52. The first-order chi connectivity index (χ1) is 8.33. The van der Waals surface area contributed by atoms with E-state index >= 15 is 0 Å². The van der Waals surface area contributed by atoms with E-state index in [1.165, 1.54) is 21.4 Å². The minimum Gasteiger partial charge on any atom is -0.372 e. The van der Waals surface area contributed by atoms with E-state index < -0.39 is 0 Å². The van der Waals surface area contributed by atoms with Gasteiger partial charge in [0.15, 0.2) is 5.17 Å². The van der Waals surface area contributed by atoms with Crippen molar-refractivity contribution in [3.8, 4) is 0 Å². The van der Waals surface area contributed by atoms with Crippen molar-refractivity contribution in [1.82, 2.24) is 0 Å². The van der Waals surface area contributed by atoms with Crippen molar-refractivity contribution in [2.24, 2.45) is 4.99 Å². The van der Waals surface area contributed by atoms with Crippen LogP contribution in [0.3, 0.4) is 0 Å². The van der Waals surface area contributed by atoms with E-state index in [0.29, 0.717) is 0 Å². The van der Waals surface area contributed by atoms with Gasteiger partial charge in [0.1, 0.15) is 0 Å². The summed E-state index contributed by atoms with van der Waals surface area (Å²) in [6.45, 7) is 8.50. The lowest BCUT2D eigenvalue weighted by Gasteiger charge is -2.22. The second kappa shape index (κ2) is 4.26. The summed E-state index contributed by atoms with van der Waals surface area (Å²) in [5.41, 5.74) is 2.66. The van der Waals surface area contributed by atoms with Crippen LogP contribution in [0.2, 0.25) is 0 Å². The lowest BCUT2D eigenvalue weighted by molar-refractivity contribution is 0.865. The number of anilines is 2. The third kappa shape index (κ3) is 1.71. The number of hydrogen-bond acceptors (Lipinski definition) is 4. The van der Waals surface area contributed by atoms with Crippen molar-refractivity contribution in [3.05, 3.63) is 18.2 Å². The Morgan fingerprint density at radius 1 is 1.35 bits per heavy atom. The third-order valence-electron chi connectivity index (χ3n) is 3.36. The average Bonchev–Trinajstić information content (AvgIpc) is 2.91. The molecule has 0 spiro atoms. The molecule has 90 valence electrons. The molecule has 0 amide bonds. The summed E-state index contributed by atoms with van der Waals surface area (Å²) in [5, 5.41) is 1.18. The van der Waals surface area contributed by atoms with Gasteiger partial charge in [-0.25, -0.2) is 0 Å². The Kier molecular flexibility index (Phi) is 2.74. The maximum Gasteiger partial charge on any atom is 0.168 e. The second-order valence-corrected chi connectivity index (χ2v) is 5.25. The van der Waals surface area contributed by atoms with Crippen LogP contribution in [0.1, 0.15) is 13.8 Å². The molecule has 0 aliphatic carbocycles. The van der Waals surface area contributed by atoms with Crippen LogP contribution < -0.4 is 9.80 Å². The second-order valence-electron chi connectivity index (χ2n) is 4.24. The standard InChI is InChI=1S/C13H17N3S/c1-3-15(4-2)10-5-6-12-11(9-10)16-8-7-14-13(16)17-12/h5-6,9H,3-4,7-8H2,1-2H3. The number of fused-ring (bicyclic) bond motifs is 3. The molecule has 2 aliphatic heterocycles. The zero-order chi connectivity index (χ0) is 11.8. The van der Waals surface area contributed by atoms with Crippen molar-refractivity contribution >= 4 is 28.3 Å². The molecule has 0 saturated carbocycles. The molecular weight excluding hydrogens is 230 g/mol. The molecule has 0 fully saturated rings. The van der Waals surface area contributed by atoms with E-state index in [-0.39, 0.29) is 0 Å². The zero-order valence-electron chi connectivity index (χ0n) is 10.3. The molecule has 0 unspecified atom stereocenters.